The van der Waals surface area contributed by atoms with E-state index in [1.165, 1.54) is 0 Å². The zero-order valence-electron chi connectivity index (χ0n) is 16.8. The molecule has 1 atom stereocenters. The third kappa shape index (κ3) is 4.19. The number of aliphatic hydroxyl groups is 1. The predicted octanol–water partition coefficient (Wildman–Crippen LogP) is 2.13. The van der Waals surface area contributed by atoms with E-state index >= 15 is 0 Å². The highest BCUT2D eigenvalue weighted by Crippen LogP contribution is 2.30. The summed E-state index contributed by atoms with van der Waals surface area (Å²) in [5, 5.41) is 10.6. The van der Waals surface area contributed by atoms with Gasteiger partial charge in [0.15, 0.2) is 0 Å². The molecular formula is C22H28N4O3. The summed E-state index contributed by atoms with van der Waals surface area (Å²) < 4.78 is 1.85. The number of hydrogen-bond donors (Lipinski definition) is 1. The molecule has 1 aromatic heterocycles. The van der Waals surface area contributed by atoms with E-state index in [2.05, 4.69) is 4.98 Å². The summed E-state index contributed by atoms with van der Waals surface area (Å²) in [6.45, 7) is 2.70. The fraction of sp³-hybridized carbons (Fsp3) is 0.500. The van der Waals surface area contributed by atoms with E-state index in [9.17, 15) is 14.7 Å². The molecule has 1 aromatic carbocycles. The molecule has 2 saturated heterocycles. The van der Waals surface area contributed by atoms with Crippen molar-refractivity contribution in [2.24, 2.45) is 13.0 Å². The number of aryl methyl sites for hydroxylation is 1. The van der Waals surface area contributed by atoms with E-state index in [1.807, 2.05) is 51.9 Å². The first-order valence-corrected chi connectivity index (χ1v) is 10.3. The number of amides is 2. The van der Waals surface area contributed by atoms with Crippen LogP contribution in [0, 0.1) is 5.92 Å². The predicted molar refractivity (Wildman–Crippen MR) is 108 cm³/mol. The van der Waals surface area contributed by atoms with Crippen LogP contribution >= 0.6 is 0 Å². The Kier molecular flexibility index (Phi) is 5.67. The minimum atomic E-state index is -0.597. The topological polar surface area (TPSA) is 78.7 Å². The van der Waals surface area contributed by atoms with Gasteiger partial charge in [-0.05, 0) is 42.9 Å². The molecule has 2 aromatic rings. The lowest BCUT2D eigenvalue weighted by Crippen LogP contribution is -2.40. The number of likely N-dealkylation sites (tertiary alicyclic amines) is 2. The molecule has 0 saturated carbocycles. The SMILES string of the molecule is Cn1ccnc1C(O)C1CCN(C(=O)c2ccc(CN3CCCC3=O)cc2)CC1. The Balaban J connectivity index is 1.32. The Morgan fingerprint density at radius 3 is 2.52 bits per heavy atom. The van der Waals surface area contributed by atoms with Crippen LogP contribution in [0.25, 0.3) is 0 Å². The zero-order chi connectivity index (χ0) is 20.4. The highest BCUT2D eigenvalue weighted by atomic mass is 16.3. The van der Waals surface area contributed by atoms with Crippen LogP contribution in [0.5, 0.6) is 0 Å². The molecule has 0 bridgehead atoms. The fourth-order valence-corrected chi connectivity index (χ4v) is 4.32. The van der Waals surface area contributed by atoms with E-state index in [-0.39, 0.29) is 17.7 Å². The summed E-state index contributed by atoms with van der Waals surface area (Å²) in [4.78, 5) is 32.6. The van der Waals surface area contributed by atoms with Crippen LogP contribution in [0.4, 0.5) is 0 Å². The van der Waals surface area contributed by atoms with Gasteiger partial charge < -0.3 is 19.5 Å². The fourth-order valence-electron chi connectivity index (χ4n) is 4.32. The molecule has 0 aliphatic carbocycles. The lowest BCUT2D eigenvalue weighted by molar-refractivity contribution is -0.128. The molecular weight excluding hydrogens is 368 g/mol. The van der Waals surface area contributed by atoms with Crippen LogP contribution in [0.1, 0.15) is 53.5 Å². The standard InChI is InChI=1S/C22H28N4O3/c1-24-14-10-23-21(24)20(28)17-8-12-25(13-9-17)22(29)18-6-4-16(5-7-18)15-26-11-2-3-19(26)27/h4-7,10,14,17,20,28H,2-3,8-9,11-13,15H2,1H3. The molecule has 29 heavy (non-hydrogen) atoms. The zero-order valence-corrected chi connectivity index (χ0v) is 16.8. The Bertz CT molecular complexity index is 868. The highest BCUT2D eigenvalue weighted by Gasteiger charge is 2.30. The lowest BCUT2D eigenvalue weighted by Gasteiger charge is -2.34. The number of benzene rings is 1. The Hall–Kier alpha value is -2.67. The van der Waals surface area contributed by atoms with Gasteiger partial charge in [-0.3, -0.25) is 9.59 Å². The third-order valence-corrected chi connectivity index (χ3v) is 6.14. The quantitative estimate of drug-likeness (QED) is 0.840. The van der Waals surface area contributed by atoms with Gasteiger partial charge in [-0.2, -0.15) is 0 Å². The second kappa shape index (κ2) is 8.37. The van der Waals surface area contributed by atoms with Crippen molar-refractivity contribution in [2.45, 2.75) is 38.3 Å². The molecule has 1 N–H and O–H groups in total. The minimum Gasteiger partial charge on any atom is -0.385 e. The first kappa shape index (κ1) is 19.6. The van der Waals surface area contributed by atoms with Crippen molar-refractivity contribution in [2.75, 3.05) is 19.6 Å². The Labute approximate surface area is 170 Å². The summed E-state index contributed by atoms with van der Waals surface area (Å²) in [6.07, 6.45) is 6.02. The molecule has 154 valence electrons. The number of carbonyl (C=O) groups excluding carboxylic acids is 2. The van der Waals surface area contributed by atoms with Gasteiger partial charge in [-0.15, -0.1) is 0 Å². The first-order chi connectivity index (χ1) is 14.0. The van der Waals surface area contributed by atoms with Crippen molar-refractivity contribution in [3.05, 3.63) is 53.6 Å². The number of rotatable bonds is 5. The van der Waals surface area contributed by atoms with Gasteiger partial charge in [0.2, 0.25) is 5.91 Å². The summed E-state index contributed by atoms with van der Waals surface area (Å²) in [6, 6.07) is 7.59. The molecule has 2 aliphatic rings. The molecule has 0 spiro atoms. The summed E-state index contributed by atoms with van der Waals surface area (Å²) in [7, 11) is 1.88. The van der Waals surface area contributed by atoms with Gasteiger partial charge in [-0.25, -0.2) is 4.98 Å². The average molecular weight is 396 g/mol. The normalized spacial score (nSPS) is 19.0. The van der Waals surface area contributed by atoms with E-state index in [1.54, 1.807) is 6.20 Å². The second-order valence-electron chi connectivity index (χ2n) is 8.09. The van der Waals surface area contributed by atoms with Crippen LogP contribution in [-0.2, 0) is 18.4 Å². The number of piperidine rings is 1. The maximum Gasteiger partial charge on any atom is 0.253 e. The monoisotopic (exact) mass is 396 g/mol. The van der Waals surface area contributed by atoms with Crippen molar-refractivity contribution < 1.29 is 14.7 Å². The van der Waals surface area contributed by atoms with Crippen molar-refractivity contribution in [3.8, 4) is 0 Å². The number of hydrogen-bond acceptors (Lipinski definition) is 4. The van der Waals surface area contributed by atoms with Crippen LogP contribution in [0.15, 0.2) is 36.7 Å². The number of aromatic nitrogens is 2. The van der Waals surface area contributed by atoms with Crippen LogP contribution < -0.4 is 0 Å². The van der Waals surface area contributed by atoms with E-state index in [0.717, 1.165) is 31.4 Å². The molecule has 2 aliphatic heterocycles. The van der Waals surface area contributed by atoms with Gasteiger partial charge >= 0.3 is 0 Å². The van der Waals surface area contributed by atoms with E-state index < -0.39 is 6.10 Å². The summed E-state index contributed by atoms with van der Waals surface area (Å²) in [5.41, 5.74) is 1.72. The van der Waals surface area contributed by atoms with Gasteiger partial charge in [-0.1, -0.05) is 12.1 Å². The van der Waals surface area contributed by atoms with Crippen LogP contribution in [0.2, 0.25) is 0 Å². The van der Waals surface area contributed by atoms with Crippen LogP contribution in [-0.4, -0.2) is 55.9 Å². The molecule has 2 fully saturated rings. The molecule has 3 heterocycles. The minimum absolute atomic E-state index is 0.0266. The van der Waals surface area contributed by atoms with Gasteiger partial charge in [0, 0.05) is 57.6 Å². The summed E-state index contributed by atoms with van der Waals surface area (Å²) >= 11 is 0. The first-order valence-electron chi connectivity index (χ1n) is 10.3. The Morgan fingerprint density at radius 1 is 1.21 bits per heavy atom. The number of carbonyl (C=O) groups is 2. The van der Waals surface area contributed by atoms with E-state index in [4.69, 9.17) is 0 Å². The molecule has 7 heteroatoms. The van der Waals surface area contributed by atoms with Gasteiger partial charge in [0.05, 0.1) is 0 Å². The van der Waals surface area contributed by atoms with Crippen molar-refractivity contribution in [1.29, 1.82) is 0 Å². The smallest absolute Gasteiger partial charge is 0.253 e. The molecule has 1 unspecified atom stereocenters. The van der Waals surface area contributed by atoms with Crippen LogP contribution in [0.3, 0.4) is 0 Å². The molecule has 0 radical (unpaired) electrons. The number of aliphatic hydroxyl groups excluding tert-OH is 1. The van der Waals surface area contributed by atoms with Gasteiger partial charge in [0.1, 0.15) is 11.9 Å². The van der Waals surface area contributed by atoms with Crippen molar-refractivity contribution in [3.63, 3.8) is 0 Å². The Morgan fingerprint density at radius 2 is 1.93 bits per heavy atom. The number of imidazole rings is 1. The summed E-state index contributed by atoms with van der Waals surface area (Å²) in [5.74, 6) is 1.03. The number of nitrogens with zero attached hydrogens (tertiary/aromatic N) is 4. The largest absolute Gasteiger partial charge is 0.385 e. The van der Waals surface area contributed by atoms with Crippen molar-refractivity contribution >= 4 is 11.8 Å². The maximum absolute atomic E-state index is 12.8. The molecule has 7 nitrogen and oxygen atoms in total. The maximum atomic E-state index is 12.8. The lowest BCUT2D eigenvalue weighted by atomic mass is 9.90. The van der Waals surface area contributed by atoms with Crippen molar-refractivity contribution in [1.82, 2.24) is 19.4 Å². The molecule has 2 amide bonds. The average Bonchev–Trinajstić information content (AvgIpc) is 3.35. The molecule has 4 rings (SSSR count). The third-order valence-electron chi connectivity index (χ3n) is 6.14. The second-order valence-corrected chi connectivity index (χ2v) is 8.09. The van der Waals surface area contributed by atoms with Gasteiger partial charge in [0.25, 0.3) is 5.91 Å². The highest BCUT2D eigenvalue weighted by molar-refractivity contribution is 5.94. The van der Waals surface area contributed by atoms with E-state index in [0.29, 0.717) is 37.4 Å².